The van der Waals surface area contributed by atoms with Gasteiger partial charge in [0.15, 0.2) is 0 Å². The van der Waals surface area contributed by atoms with Gasteiger partial charge in [0.1, 0.15) is 12.4 Å². The first kappa shape index (κ1) is 17.8. The normalized spacial score (nSPS) is 14.5. The molecule has 0 radical (unpaired) electrons. The van der Waals surface area contributed by atoms with Crippen molar-refractivity contribution < 1.29 is 9.47 Å². The third kappa shape index (κ3) is 3.91. The second kappa shape index (κ2) is 7.57. The van der Waals surface area contributed by atoms with E-state index in [1.165, 1.54) is 27.6 Å². The number of aromatic nitrogens is 1. The molecule has 0 bridgehead atoms. The molecule has 2 heterocycles. The van der Waals surface area contributed by atoms with Crippen LogP contribution in [0.2, 0.25) is 0 Å². The highest BCUT2D eigenvalue weighted by Crippen LogP contribution is 2.28. The molecule has 1 aromatic heterocycles. The predicted molar refractivity (Wildman–Crippen MR) is 109 cm³/mol. The molecule has 0 spiro atoms. The van der Waals surface area contributed by atoms with Crippen LogP contribution >= 0.6 is 0 Å². The number of rotatable bonds is 4. The van der Waals surface area contributed by atoms with Gasteiger partial charge in [0, 0.05) is 30.6 Å². The molecule has 4 rings (SSSR count). The van der Waals surface area contributed by atoms with Gasteiger partial charge in [-0.15, -0.1) is 0 Å². The number of benzene rings is 2. The van der Waals surface area contributed by atoms with E-state index in [0.717, 1.165) is 43.2 Å². The molecule has 0 saturated heterocycles. The molecule has 27 heavy (non-hydrogen) atoms. The highest BCUT2D eigenvalue weighted by molar-refractivity contribution is 5.84. The van der Waals surface area contributed by atoms with Gasteiger partial charge in [-0.25, -0.2) is 4.98 Å². The Balaban J connectivity index is 1.52. The lowest BCUT2D eigenvalue weighted by atomic mass is 10.0. The molecule has 1 aliphatic heterocycles. The van der Waals surface area contributed by atoms with E-state index in [1.54, 1.807) is 7.11 Å². The molecule has 0 aliphatic carbocycles. The van der Waals surface area contributed by atoms with Crippen LogP contribution < -0.4 is 9.47 Å². The lowest BCUT2D eigenvalue weighted by Crippen LogP contribution is -2.27. The largest absolute Gasteiger partial charge is 0.497 e. The molecule has 140 valence electrons. The summed E-state index contributed by atoms with van der Waals surface area (Å²) in [5, 5.41) is 1.20. The van der Waals surface area contributed by atoms with Gasteiger partial charge in [0.25, 0.3) is 0 Å². The molecule has 0 fully saturated rings. The lowest BCUT2D eigenvalue weighted by molar-refractivity contribution is 0.225. The molecule has 0 saturated carbocycles. The minimum Gasteiger partial charge on any atom is -0.497 e. The van der Waals surface area contributed by atoms with Crippen LogP contribution in [-0.2, 0) is 13.0 Å². The van der Waals surface area contributed by atoms with Crippen molar-refractivity contribution in [3.05, 3.63) is 64.7 Å². The molecule has 3 aromatic rings. The molecular formula is C23H26N2O2. The molecular weight excluding hydrogens is 336 g/mol. The first-order chi connectivity index (χ1) is 13.1. The molecule has 0 N–H and O–H groups in total. The van der Waals surface area contributed by atoms with E-state index >= 15 is 0 Å². The number of pyridine rings is 1. The fourth-order valence-electron chi connectivity index (χ4n) is 3.78. The molecule has 0 atom stereocenters. The van der Waals surface area contributed by atoms with Crippen molar-refractivity contribution in [3.8, 4) is 11.6 Å². The lowest BCUT2D eigenvalue weighted by Gasteiger charge is -2.19. The van der Waals surface area contributed by atoms with Crippen molar-refractivity contribution in [3.63, 3.8) is 0 Å². The maximum atomic E-state index is 5.99. The zero-order valence-corrected chi connectivity index (χ0v) is 16.3. The Kier molecular flexibility index (Phi) is 4.99. The number of aryl methyl sites for hydroxylation is 2. The first-order valence-electron chi connectivity index (χ1n) is 9.51. The highest BCUT2D eigenvalue weighted by atomic mass is 16.5. The zero-order chi connectivity index (χ0) is 18.8. The average Bonchev–Trinajstić information content (AvgIpc) is 2.86. The summed E-state index contributed by atoms with van der Waals surface area (Å²) in [5.41, 5.74) is 6.03. The molecule has 4 heteroatoms. The Hall–Kier alpha value is -2.59. The van der Waals surface area contributed by atoms with E-state index < -0.39 is 0 Å². The van der Waals surface area contributed by atoms with E-state index in [1.807, 2.05) is 12.1 Å². The smallest absolute Gasteiger partial charge is 0.218 e. The van der Waals surface area contributed by atoms with Gasteiger partial charge >= 0.3 is 0 Å². The van der Waals surface area contributed by atoms with Crippen LogP contribution in [0.4, 0.5) is 0 Å². The van der Waals surface area contributed by atoms with E-state index in [4.69, 9.17) is 14.5 Å². The van der Waals surface area contributed by atoms with Gasteiger partial charge in [-0.1, -0.05) is 23.8 Å². The van der Waals surface area contributed by atoms with Crippen molar-refractivity contribution >= 4 is 10.9 Å². The molecule has 0 unspecified atom stereocenters. The Morgan fingerprint density at radius 1 is 1.11 bits per heavy atom. The number of methoxy groups -OCH3 is 1. The minimum absolute atomic E-state index is 0.680. The van der Waals surface area contributed by atoms with Crippen LogP contribution in [0, 0.1) is 13.8 Å². The van der Waals surface area contributed by atoms with Gasteiger partial charge in [-0.3, -0.25) is 4.90 Å². The summed E-state index contributed by atoms with van der Waals surface area (Å²) in [6.07, 6.45) is 1.01. The van der Waals surface area contributed by atoms with Crippen molar-refractivity contribution in [1.82, 2.24) is 9.88 Å². The SMILES string of the molecule is COc1ccc(CCN2CCOc3nc4c(C)cc(C)cc4cc3C2)cc1. The van der Waals surface area contributed by atoms with Crippen molar-refractivity contribution in [2.24, 2.45) is 0 Å². The summed E-state index contributed by atoms with van der Waals surface area (Å²) in [6, 6.07) is 15.0. The monoisotopic (exact) mass is 362 g/mol. The molecule has 2 aromatic carbocycles. The number of fused-ring (bicyclic) bond motifs is 2. The van der Waals surface area contributed by atoms with Crippen LogP contribution in [-0.4, -0.2) is 36.7 Å². The third-order valence-electron chi connectivity index (χ3n) is 5.21. The van der Waals surface area contributed by atoms with E-state index in [0.29, 0.717) is 6.61 Å². The topological polar surface area (TPSA) is 34.6 Å². The molecule has 1 aliphatic rings. The van der Waals surface area contributed by atoms with Crippen molar-refractivity contribution in [1.29, 1.82) is 0 Å². The van der Waals surface area contributed by atoms with Gasteiger partial charge in [0.2, 0.25) is 5.88 Å². The highest BCUT2D eigenvalue weighted by Gasteiger charge is 2.18. The average molecular weight is 362 g/mol. The van der Waals surface area contributed by atoms with Crippen LogP contribution in [0.1, 0.15) is 22.3 Å². The Labute approximate surface area is 160 Å². The number of hydrogen-bond donors (Lipinski definition) is 0. The first-order valence-corrected chi connectivity index (χ1v) is 9.51. The summed E-state index contributed by atoms with van der Waals surface area (Å²) < 4.78 is 11.2. The minimum atomic E-state index is 0.680. The quantitative estimate of drug-likeness (QED) is 0.693. The predicted octanol–water partition coefficient (Wildman–Crippen LogP) is 4.30. The summed E-state index contributed by atoms with van der Waals surface area (Å²) in [6.45, 7) is 7.73. The fourth-order valence-corrected chi connectivity index (χ4v) is 3.78. The molecule has 0 amide bonds. The van der Waals surface area contributed by atoms with Crippen LogP contribution in [0.25, 0.3) is 10.9 Å². The number of ether oxygens (including phenoxy) is 2. The maximum Gasteiger partial charge on any atom is 0.218 e. The number of nitrogens with zero attached hydrogens (tertiary/aromatic N) is 2. The van der Waals surface area contributed by atoms with Gasteiger partial charge in [-0.2, -0.15) is 0 Å². The Morgan fingerprint density at radius 3 is 2.70 bits per heavy atom. The van der Waals surface area contributed by atoms with E-state index in [9.17, 15) is 0 Å². The van der Waals surface area contributed by atoms with Crippen molar-refractivity contribution in [2.75, 3.05) is 26.8 Å². The molecule has 4 nitrogen and oxygen atoms in total. The second-order valence-corrected chi connectivity index (χ2v) is 7.33. The van der Waals surface area contributed by atoms with Crippen LogP contribution in [0.3, 0.4) is 0 Å². The summed E-state index contributed by atoms with van der Waals surface area (Å²) in [5.74, 6) is 1.70. The number of hydrogen-bond acceptors (Lipinski definition) is 4. The second-order valence-electron chi connectivity index (χ2n) is 7.33. The Bertz CT molecular complexity index is 951. The van der Waals surface area contributed by atoms with E-state index in [2.05, 4.69) is 49.1 Å². The van der Waals surface area contributed by atoms with Gasteiger partial charge in [0.05, 0.1) is 12.6 Å². The van der Waals surface area contributed by atoms with Crippen molar-refractivity contribution in [2.45, 2.75) is 26.8 Å². The zero-order valence-electron chi connectivity index (χ0n) is 16.3. The summed E-state index contributed by atoms with van der Waals surface area (Å²) in [7, 11) is 1.70. The summed E-state index contributed by atoms with van der Waals surface area (Å²) in [4.78, 5) is 7.28. The van der Waals surface area contributed by atoms with Crippen LogP contribution in [0.5, 0.6) is 11.6 Å². The van der Waals surface area contributed by atoms with Crippen LogP contribution in [0.15, 0.2) is 42.5 Å². The Morgan fingerprint density at radius 2 is 1.93 bits per heavy atom. The maximum absolute atomic E-state index is 5.99. The summed E-state index contributed by atoms with van der Waals surface area (Å²) >= 11 is 0. The fraction of sp³-hybridized carbons (Fsp3) is 0.348. The van der Waals surface area contributed by atoms with Gasteiger partial charge in [-0.05, 0) is 55.7 Å². The van der Waals surface area contributed by atoms with E-state index in [-0.39, 0.29) is 0 Å². The standard InChI is InChI=1S/C23H26N2O2/c1-16-12-17(2)22-19(13-16)14-20-15-25(10-11-27-23(20)24-22)9-8-18-4-6-21(26-3)7-5-18/h4-7,12-14H,8-11,15H2,1-3H3. The van der Waals surface area contributed by atoms with Gasteiger partial charge < -0.3 is 9.47 Å². The third-order valence-corrected chi connectivity index (χ3v) is 5.21.